The molecule has 1 saturated carbocycles. The monoisotopic (exact) mass is 286 g/mol. The van der Waals surface area contributed by atoms with Crippen molar-refractivity contribution in [3.63, 3.8) is 0 Å². The van der Waals surface area contributed by atoms with Crippen LogP contribution in [0, 0.1) is 5.92 Å². The second-order valence-corrected chi connectivity index (χ2v) is 6.15. The van der Waals surface area contributed by atoms with Gasteiger partial charge in [-0.3, -0.25) is 0 Å². The van der Waals surface area contributed by atoms with Crippen molar-refractivity contribution in [3.05, 3.63) is 0 Å². The predicted octanol–water partition coefficient (Wildman–Crippen LogP) is 3.09. The maximum atomic E-state index is 13.3. The molecule has 2 aliphatic rings. The molecule has 2 fully saturated rings. The zero-order valence-electron chi connectivity index (χ0n) is 10.7. The molecule has 1 aliphatic carbocycles. The Morgan fingerprint density at radius 2 is 1.84 bits per heavy atom. The number of rotatable bonds is 1. The van der Waals surface area contributed by atoms with Gasteiger partial charge in [-0.05, 0) is 20.8 Å². The Kier molecular flexibility index (Phi) is 2.69. The Labute approximate surface area is 107 Å². The summed E-state index contributed by atoms with van der Waals surface area (Å²) in [5.41, 5.74) is -0.872. The third kappa shape index (κ3) is 1.88. The zero-order valence-corrected chi connectivity index (χ0v) is 10.7. The van der Waals surface area contributed by atoms with Crippen LogP contribution in [-0.4, -0.2) is 42.6 Å². The number of piperidine rings is 1. The Bertz CT molecular complexity index is 407. The summed E-state index contributed by atoms with van der Waals surface area (Å²) in [4.78, 5) is 12.3. The van der Waals surface area contributed by atoms with E-state index in [9.17, 15) is 26.5 Å². The minimum atomic E-state index is -5.72. The molecule has 0 bridgehead atoms. The molecule has 0 aromatic carbocycles. The molecule has 2 unspecified atom stereocenters. The third-order valence-corrected chi connectivity index (χ3v) is 3.69. The van der Waals surface area contributed by atoms with E-state index in [2.05, 4.69) is 0 Å². The minimum absolute atomic E-state index is 0.608. The first-order chi connectivity index (χ1) is 8.33. The van der Waals surface area contributed by atoms with Crippen molar-refractivity contribution >= 4 is 13.1 Å². The fourth-order valence-corrected chi connectivity index (χ4v) is 2.66. The third-order valence-electron chi connectivity index (χ3n) is 3.69. The van der Waals surface area contributed by atoms with Gasteiger partial charge in [0, 0.05) is 24.3 Å². The Morgan fingerprint density at radius 1 is 1.32 bits per heavy atom. The van der Waals surface area contributed by atoms with Crippen LogP contribution in [0.1, 0.15) is 20.8 Å². The number of halogens is 5. The highest BCUT2D eigenvalue weighted by atomic mass is 19.4. The summed E-state index contributed by atoms with van der Waals surface area (Å²) in [5.74, 6) is -5.59. The van der Waals surface area contributed by atoms with Crippen LogP contribution in [0.15, 0.2) is 0 Å². The Morgan fingerprint density at radius 3 is 2.21 bits per heavy atom. The average molecular weight is 286 g/mol. The quantitative estimate of drug-likeness (QED) is 0.547. The lowest BCUT2D eigenvalue weighted by Gasteiger charge is -2.30. The van der Waals surface area contributed by atoms with Gasteiger partial charge in [-0.25, -0.2) is 13.6 Å². The van der Waals surface area contributed by atoms with E-state index < -0.39 is 48.9 Å². The average Bonchev–Trinajstić information content (AvgIpc) is 2.56. The van der Waals surface area contributed by atoms with Crippen molar-refractivity contribution in [1.29, 1.82) is 0 Å². The van der Waals surface area contributed by atoms with E-state index >= 15 is 0 Å². The molecule has 2 atom stereocenters. The van der Waals surface area contributed by atoms with Gasteiger partial charge in [0.25, 0.3) is 0 Å². The molecule has 9 heteroatoms. The topological polar surface area (TPSA) is 29.5 Å². The van der Waals surface area contributed by atoms with E-state index in [1.165, 1.54) is 0 Å². The molecule has 0 radical (unpaired) electrons. The highest BCUT2D eigenvalue weighted by Gasteiger charge is 2.88. The second kappa shape index (κ2) is 3.55. The van der Waals surface area contributed by atoms with Gasteiger partial charge >= 0.3 is 13.1 Å². The van der Waals surface area contributed by atoms with Crippen molar-refractivity contribution in [1.82, 2.24) is 4.90 Å². The van der Waals surface area contributed by atoms with Crippen molar-refractivity contribution in [3.8, 4) is 0 Å². The first kappa shape index (κ1) is 14.4. The van der Waals surface area contributed by atoms with E-state index in [1.807, 2.05) is 0 Å². The fourth-order valence-electron chi connectivity index (χ4n) is 2.66. The van der Waals surface area contributed by atoms with E-state index in [-0.39, 0.29) is 0 Å². The molecule has 1 heterocycles. The summed E-state index contributed by atoms with van der Waals surface area (Å²) in [6, 6.07) is 0. The highest BCUT2D eigenvalue weighted by molar-refractivity contribution is 6.64. The summed E-state index contributed by atoms with van der Waals surface area (Å²) >= 11 is 0. The molecule has 0 spiro atoms. The molecule has 0 aromatic rings. The number of hydrogen-bond acceptors (Lipinski definition) is 2. The number of likely N-dealkylation sites (tertiary alicyclic amines) is 1. The van der Waals surface area contributed by atoms with E-state index in [0.29, 0.717) is 0 Å². The molecule has 3 nitrogen and oxygen atoms in total. The highest BCUT2D eigenvalue weighted by Crippen LogP contribution is 2.80. The molecule has 19 heavy (non-hydrogen) atoms. The first-order valence-electron chi connectivity index (χ1n) is 5.88. The minimum Gasteiger partial charge on any atom is -0.448 e. The SMILES string of the molecule is CC(C)(C)OC(=O)N1CC2C(F)(F)C2([B-](F)(F)F)C1. The van der Waals surface area contributed by atoms with Gasteiger partial charge in [0.2, 0.25) is 5.92 Å². The lowest BCUT2D eigenvalue weighted by atomic mass is 9.67. The summed E-state index contributed by atoms with van der Waals surface area (Å²) in [7, 11) is 0. The van der Waals surface area contributed by atoms with Gasteiger partial charge in [0.05, 0.1) is 0 Å². The van der Waals surface area contributed by atoms with E-state index in [0.717, 1.165) is 4.90 Å². The van der Waals surface area contributed by atoms with Gasteiger partial charge in [-0.15, -0.1) is 0 Å². The van der Waals surface area contributed by atoms with Crippen LogP contribution in [0.3, 0.4) is 0 Å². The van der Waals surface area contributed by atoms with Gasteiger partial charge in [0.1, 0.15) is 5.60 Å². The predicted molar refractivity (Wildman–Crippen MR) is 58.0 cm³/mol. The number of ether oxygens (including phenoxy) is 1. The molecule has 0 aromatic heterocycles. The normalized spacial score (nSPS) is 33.1. The smallest absolute Gasteiger partial charge is 0.448 e. The summed E-state index contributed by atoms with van der Waals surface area (Å²) < 4.78 is 70.0. The number of carbonyl (C=O) groups is 1. The van der Waals surface area contributed by atoms with Gasteiger partial charge in [-0.2, -0.15) is 0 Å². The molecule has 1 aliphatic heterocycles. The van der Waals surface area contributed by atoms with Crippen LogP contribution in [0.2, 0.25) is 5.31 Å². The number of alkyl halides is 2. The van der Waals surface area contributed by atoms with E-state index in [4.69, 9.17) is 4.74 Å². The summed E-state index contributed by atoms with van der Waals surface area (Å²) in [6.45, 7) is -2.67. The molecule has 110 valence electrons. The van der Waals surface area contributed by atoms with E-state index in [1.54, 1.807) is 20.8 Å². The number of nitrogens with zero attached hydrogens (tertiary/aromatic N) is 1. The fraction of sp³-hybridized carbons (Fsp3) is 0.900. The number of carbonyl (C=O) groups excluding carboxylic acids is 1. The van der Waals surface area contributed by atoms with Gasteiger partial charge < -0.3 is 22.6 Å². The number of hydrogen-bond donors (Lipinski definition) is 0. The van der Waals surface area contributed by atoms with Crippen molar-refractivity contribution in [2.24, 2.45) is 5.92 Å². The molecule has 2 rings (SSSR count). The van der Waals surface area contributed by atoms with Crippen molar-refractivity contribution < 1.29 is 31.3 Å². The van der Waals surface area contributed by atoms with Crippen LogP contribution in [0.25, 0.3) is 0 Å². The maximum Gasteiger partial charge on any atom is 0.492 e. The standard InChI is InChI=1S/C10H14BF5NO2/c1-8(2,3)19-7(18)17-4-6-9(5-17,10(6,12)13)11(14,15)16/h6H,4-5H2,1-3H3/q-1. The van der Waals surface area contributed by atoms with Crippen LogP contribution < -0.4 is 0 Å². The largest absolute Gasteiger partial charge is 0.492 e. The summed E-state index contributed by atoms with van der Waals surface area (Å²) in [6.07, 6.45) is -0.977. The second-order valence-electron chi connectivity index (χ2n) is 6.15. The lowest BCUT2D eigenvalue weighted by molar-refractivity contribution is 0.0111. The van der Waals surface area contributed by atoms with Gasteiger partial charge in [0.15, 0.2) is 0 Å². The number of amides is 1. The van der Waals surface area contributed by atoms with Crippen LogP contribution in [-0.2, 0) is 4.74 Å². The summed E-state index contributed by atoms with van der Waals surface area (Å²) in [5, 5.41) is -3.02. The lowest BCUT2D eigenvalue weighted by Crippen LogP contribution is -2.42. The van der Waals surface area contributed by atoms with Gasteiger partial charge in [-0.1, -0.05) is 0 Å². The van der Waals surface area contributed by atoms with Crippen LogP contribution >= 0.6 is 0 Å². The van der Waals surface area contributed by atoms with Crippen LogP contribution in [0.5, 0.6) is 0 Å². The van der Waals surface area contributed by atoms with Crippen LogP contribution in [0.4, 0.5) is 26.5 Å². The maximum absolute atomic E-state index is 13.3. The molecule has 1 saturated heterocycles. The van der Waals surface area contributed by atoms with Crippen molar-refractivity contribution in [2.75, 3.05) is 13.1 Å². The molecule has 0 N–H and O–H groups in total. The zero-order chi connectivity index (χ0) is 14.9. The Balaban J connectivity index is 2.12. The molecular weight excluding hydrogens is 272 g/mol. The molecular formula is C10H14BF5NO2-. The molecule has 1 amide bonds. The van der Waals surface area contributed by atoms with Crippen molar-refractivity contribution in [2.45, 2.75) is 37.6 Å². The first-order valence-corrected chi connectivity index (χ1v) is 5.88. The number of fused-ring (bicyclic) bond motifs is 1. The Hall–Kier alpha value is -1.02.